The first-order chi connectivity index (χ1) is 9.20. The summed E-state index contributed by atoms with van der Waals surface area (Å²) < 4.78 is 0. The van der Waals surface area contributed by atoms with Gasteiger partial charge in [0.25, 0.3) is 0 Å². The van der Waals surface area contributed by atoms with Crippen LogP contribution in [0.4, 0.5) is 0 Å². The van der Waals surface area contributed by atoms with Crippen molar-refractivity contribution in [1.29, 1.82) is 0 Å². The molecule has 0 saturated heterocycles. The summed E-state index contributed by atoms with van der Waals surface area (Å²) in [4.78, 5) is 6.34. The summed E-state index contributed by atoms with van der Waals surface area (Å²) in [6.07, 6.45) is 7.17. The molecule has 1 aliphatic rings. The largest absolute Gasteiger partial charge is 0.394 e. The number of likely N-dealkylation sites (N-methyl/N-ethyl adjacent to an activating group) is 2. The van der Waals surface area contributed by atoms with Crippen molar-refractivity contribution in [2.24, 2.45) is 5.92 Å². The summed E-state index contributed by atoms with van der Waals surface area (Å²) in [6, 6.07) is 4.12. The molecule has 1 fully saturated rings. The van der Waals surface area contributed by atoms with Crippen LogP contribution in [0.1, 0.15) is 18.4 Å². The highest BCUT2D eigenvalue weighted by Crippen LogP contribution is 2.39. The lowest BCUT2D eigenvalue weighted by molar-refractivity contribution is 0.108. The number of aliphatic hydroxyl groups is 1. The van der Waals surface area contributed by atoms with Crippen molar-refractivity contribution in [3.8, 4) is 0 Å². The Balaban J connectivity index is 1.84. The summed E-state index contributed by atoms with van der Waals surface area (Å²) in [5.41, 5.74) is 1.19. The first kappa shape index (κ1) is 14.4. The van der Waals surface area contributed by atoms with Crippen LogP contribution in [-0.2, 0) is 6.42 Å². The van der Waals surface area contributed by atoms with Gasteiger partial charge in [-0.15, -0.1) is 0 Å². The van der Waals surface area contributed by atoms with Crippen LogP contribution >= 0.6 is 0 Å². The average Bonchev–Trinajstić information content (AvgIpc) is 3.29. The number of hydrogen-bond acceptors (Lipinski definition) is 4. The van der Waals surface area contributed by atoms with E-state index in [-0.39, 0.29) is 12.1 Å². The molecule has 1 unspecified atom stereocenters. The first-order valence-electron chi connectivity index (χ1n) is 7.07. The van der Waals surface area contributed by atoms with Crippen molar-refractivity contribution in [2.45, 2.75) is 24.8 Å². The van der Waals surface area contributed by atoms with Crippen LogP contribution in [0.5, 0.6) is 0 Å². The Bertz CT molecular complexity index is 374. The smallest absolute Gasteiger partial charge is 0.0628 e. The highest BCUT2D eigenvalue weighted by atomic mass is 16.3. The molecule has 1 heterocycles. The van der Waals surface area contributed by atoms with Crippen LogP contribution in [0.2, 0.25) is 0 Å². The molecule has 0 aliphatic heterocycles. The quantitative estimate of drug-likeness (QED) is 0.732. The number of rotatable bonds is 8. The van der Waals surface area contributed by atoms with E-state index in [9.17, 15) is 5.11 Å². The average molecular weight is 263 g/mol. The van der Waals surface area contributed by atoms with E-state index in [1.807, 2.05) is 19.4 Å². The van der Waals surface area contributed by atoms with Gasteiger partial charge in [0, 0.05) is 25.5 Å². The van der Waals surface area contributed by atoms with Crippen LogP contribution in [0.3, 0.4) is 0 Å². The SMILES string of the molecule is CNC(CO)(CN(C)CCc1ccncc1)C1CC1. The molecule has 0 spiro atoms. The fourth-order valence-electron chi connectivity index (χ4n) is 2.74. The van der Waals surface area contributed by atoms with E-state index in [0.29, 0.717) is 5.92 Å². The minimum absolute atomic E-state index is 0.118. The van der Waals surface area contributed by atoms with Gasteiger partial charge in [-0.05, 0) is 57.0 Å². The lowest BCUT2D eigenvalue weighted by Gasteiger charge is -2.36. The highest BCUT2D eigenvalue weighted by Gasteiger charge is 2.44. The second kappa shape index (κ2) is 6.46. The van der Waals surface area contributed by atoms with E-state index in [2.05, 4.69) is 34.4 Å². The van der Waals surface area contributed by atoms with Gasteiger partial charge in [0.1, 0.15) is 0 Å². The normalized spacial score (nSPS) is 18.5. The van der Waals surface area contributed by atoms with Crippen LogP contribution in [0.25, 0.3) is 0 Å². The molecule has 4 nitrogen and oxygen atoms in total. The number of nitrogens with zero attached hydrogens (tertiary/aromatic N) is 2. The fourth-order valence-corrected chi connectivity index (χ4v) is 2.74. The zero-order valence-corrected chi connectivity index (χ0v) is 12.0. The lowest BCUT2D eigenvalue weighted by atomic mass is 9.93. The Morgan fingerprint density at radius 2 is 2.11 bits per heavy atom. The summed E-state index contributed by atoms with van der Waals surface area (Å²) in [6.45, 7) is 2.11. The van der Waals surface area contributed by atoms with E-state index in [0.717, 1.165) is 19.5 Å². The molecule has 1 aromatic heterocycles. The van der Waals surface area contributed by atoms with Gasteiger partial charge in [-0.1, -0.05) is 0 Å². The van der Waals surface area contributed by atoms with Crippen molar-refractivity contribution in [2.75, 3.05) is 33.8 Å². The summed E-state index contributed by atoms with van der Waals surface area (Å²) in [5.74, 6) is 0.630. The molecule has 4 heteroatoms. The Kier molecular flexibility index (Phi) is 4.91. The number of pyridine rings is 1. The second-order valence-electron chi connectivity index (χ2n) is 5.68. The summed E-state index contributed by atoms with van der Waals surface area (Å²) in [5, 5.41) is 13.1. The fraction of sp³-hybridized carbons (Fsp3) is 0.667. The van der Waals surface area contributed by atoms with Crippen molar-refractivity contribution >= 4 is 0 Å². The van der Waals surface area contributed by atoms with Crippen LogP contribution in [0, 0.1) is 5.92 Å². The van der Waals surface area contributed by atoms with E-state index in [1.165, 1.54) is 18.4 Å². The molecule has 1 saturated carbocycles. The van der Waals surface area contributed by atoms with Gasteiger partial charge < -0.3 is 15.3 Å². The predicted molar refractivity (Wildman–Crippen MR) is 77.0 cm³/mol. The molecule has 1 atom stereocenters. The maximum absolute atomic E-state index is 9.72. The van der Waals surface area contributed by atoms with E-state index in [4.69, 9.17) is 0 Å². The Hall–Kier alpha value is -0.970. The Labute approximate surface area is 115 Å². The molecular weight excluding hydrogens is 238 g/mol. The Morgan fingerprint density at radius 1 is 1.42 bits per heavy atom. The van der Waals surface area contributed by atoms with Crippen LogP contribution in [0.15, 0.2) is 24.5 Å². The maximum atomic E-state index is 9.72. The van der Waals surface area contributed by atoms with Crippen molar-refractivity contribution in [1.82, 2.24) is 15.2 Å². The van der Waals surface area contributed by atoms with E-state index in [1.54, 1.807) is 0 Å². The summed E-state index contributed by atoms with van der Waals surface area (Å²) in [7, 11) is 4.09. The minimum atomic E-state index is -0.118. The van der Waals surface area contributed by atoms with Crippen molar-refractivity contribution < 1.29 is 5.11 Å². The van der Waals surface area contributed by atoms with Crippen molar-refractivity contribution in [3.63, 3.8) is 0 Å². The first-order valence-corrected chi connectivity index (χ1v) is 7.07. The zero-order valence-electron chi connectivity index (χ0n) is 12.0. The number of nitrogens with one attached hydrogen (secondary N) is 1. The minimum Gasteiger partial charge on any atom is -0.394 e. The van der Waals surface area contributed by atoms with Gasteiger partial charge in [-0.3, -0.25) is 4.98 Å². The predicted octanol–water partition coefficient (Wildman–Crippen LogP) is 0.916. The van der Waals surface area contributed by atoms with Gasteiger partial charge in [0.05, 0.1) is 12.1 Å². The Morgan fingerprint density at radius 3 is 2.63 bits per heavy atom. The van der Waals surface area contributed by atoms with Gasteiger partial charge in [-0.2, -0.15) is 0 Å². The maximum Gasteiger partial charge on any atom is 0.0628 e. The summed E-state index contributed by atoms with van der Waals surface area (Å²) >= 11 is 0. The third-order valence-electron chi connectivity index (χ3n) is 4.22. The van der Waals surface area contributed by atoms with Gasteiger partial charge in [-0.25, -0.2) is 0 Å². The molecule has 106 valence electrons. The molecule has 1 aromatic rings. The molecular formula is C15H25N3O. The third kappa shape index (κ3) is 3.75. The van der Waals surface area contributed by atoms with Crippen LogP contribution in [-0.4, -0.2) is 54.3 Å². The van der Waals surface area contributed by atoms with Crippen molar-refractivity contribution in [3.05, 3.63) is 30.1 Å². The molecule has 1 aliphatic carbocycles. The topological polar surface area (TPSA) is 48.4 Å². The molecule has 2 rings (SSSR count). The molecule has 0 aromatic carbocycles. The highest BCUT2D eigenvalue weighted by molar-refractivity contribution is 5.10. The van der Waals surface area contributed by atoms with Gasteiger partial charge in [0.15, 0.2) is 0 Å². The second-order valence-corrected chi connectivity index (χ2v) is 5.68. The molecule has 0 bridgehead atoms. The molecule has 0 radical (unpaired) electrons. The van der Waals surface area contributed by atoms with Gasteiger partial charge in [0.2, 0.25) is 0 Å². The standard InChI is InChI=1S/C15H25N3O/c1-16-15(12-19,14-3-4-14)11-18(2)10-7-13-5-8-17-9-6-13/h5-6,8-9,14,16,19H,3-4,7,10-12H2,1-2H3. The number of hydrogen-bond donors (Lipinski definition) is 2. The van der Waals surface area contributed by atoms with Gasteiger partial charge >= 0.3 is 0 Å². The monoisotopic (exact) mass is 263 g/mol. The zero-order chi connectivity index (χ0) is 13.7. The molecule has 19 heavy (non-hydrogen) atoms. The third-order valence-corrected chi connectivity index (χ3v) is 4.22. The molecule has 2 N–H and O–H groups in total. The lowest BCUT2D eigenvalue weighted by Crippen LogP contribution is -2.56. The number of aliphatic hydroxyl groups excluding tert-OH is 1. The van der Waals surface area contributed by atoms with Crippen LogP contribution < -0.4 is 5.32 Å². The number of aromatic nitrogens is 1. The van der Waals surface area contributed by atoms with E-state index >= 15 is 0 Å². The molecule has 0 amide bonds. The van der Waals surface area contributed by atoms with E-state index < -0.39 is 0 Å².